The molecule has 2 heterocycles. The van der Waals surface area contributed by atoms with Gasteiger partial charge in [0.15, 0.2) is 0 Å². The Morgan fingerprint density at radius 1 is 1.71 bits per heavy atom. The molecule has 2 N–H and O–H groups in total. The van der Waals surface area contributed by atoms with Crippen LogP contribution >= 0.6 is 11.3 Å². The van der Waals surface area contributed by atoms with Crippen LogP contribution in [0.5, 0.6) is 0 Å². The second-order valence-electron chi connectivity index (χ2n) is 4.26. The van der Waals surface area contributed by atoms with E-state index in [2.05, 4.69) is 15.6 Å². The maximum Gasteiger partial charge on any atom is 0.225 e. The maximum absolute atomic E-state index is 11.9. The van der Waals surface area contributed by atoms with Crippen LogP contribution < -0.4 is 10.6 Å². The number of carbonyl (C=O) groups excluding carboxylic acids is 2. The van der Waals surface area contributed by atoms with Crippen LogP contribution in [-0.4, -0.2) is 23.3 Å². The van der Waals surface area contributed by atoms with Gasteiger partial charge in [-0.3, -0.25) is 9.59 Å². The fraction of sp³-hybridized carbons (Fsp3) is 0.545. The number of thiazole rings is 1. The quantitative estimate of drug-likeness (QED) is 0.835. The molecule has 0 saturated carbocycles. The molecule has 17 heavy (non-hydrogen) atoms. The summed E-state index contributed by atoms with van der Waals surface area (Å²) < 4.78 is 0. The van der Waals surface area contributed by atoms with E-state index in [1.165, 1.54) is 11.3 Å². The summed E-state index contributed by atoms with van der Waals surface area (Å²) >= 11 is 1.53. The van der Waals surface area contributed by atoms with Crippen molar-refractivity contribution in [2.45, 2.75) is 26.3 Å². The van der Waals surface area contributed by atoms with Gasteiger partial charge < -0.3 is 10.6 Å². The molecule has 5 nitrogen and oxygen atoms in total. The zero-order valence-corrected chi connectivity index (χ0v) is 10.6. The van der Waals surface area contributed by atoms with E-state index in [9.17, 15) is 9.59 Å². The lowest BCUT2D eigenvalue weighted by molar-refractivity contribution is -0.127. The Bertz CT molecular complexity index is 444. The molecule has 1 aromatic rings. The number of rotatable bonds is 3. The van der Waals surface area contributed by atoms with Crippen molar-refractivity contribution in [2.24, 2.45) is 5.92 Å². The van der Waals surface area contributed by atoms with Gasteiger partial charge in [0.1, 0.15) is 5.01 Å². The lowest BCUT2D eigenvalue weighted by Crippen LogP contribution is -2.33. The zero-order chi connectivity index (χ0) is 12.4. The molecule has 2 unspecified atom stereocenters. The van der Waals surface area contributed by atoms with Gasteiger partial charge in [0, 0.05) is 24.0 Å². The Hall–Kier alpha value is -1.43. The van der Waals surface area contributed by atoms with E-state index in [4.69, 9.17) is 0 Å². The van der Waals surface area contributed by atoms with Crippen LogP contribution in [0.2, 0.25) is 0 Å². The third-order valence-corrected chi connectivity index (χ3v) is 3.86. The van der Waals surface area contributed by atoms with Crippen LogP contribution in [0, 0.1) is 12.8 Å². The van der Waals surface area contributed by atoms with Crippen LogP contribution in [0.4, 0.5) is 0 Å². The number of aryl methyl sites for hydroxylation is 1. The van der Waals surface area contributed by atoms with E-state index in [0.29, 0.717) is 6.54 Å². The summed E-state index contributed by atoms with van der Waals surface area (Å²) in [6.07, 6.45) is 0.287. The predicted octanol–water partition coefficient (Wildman–Crippen LogP) is 0.765. The Kier molecular flexibility index (Phi) is 3.42. The van der Waals surface area contributed by atoms with E-state index in [-0.39, 0.29) is 30.2 Å². The molecule has 6 heteroatoms. The Morgan fingerprint density at radius 2 is 2.47 bits per heavy atom. The standard InChI is InChI=1S/C11H15N3O2S/c1-6-5-17-11(13-6)7(2)14-10(16)8-3-9(15)12-4-8/h5,7-8H,3-4H2,1-2H3,(H,12,15)(H,14,16). The van der Waals surface area contributed by atoms with Gasteiger partial charge in [0.05, 0.1) is 12.0 Å². The fourth-order valence-electron chi connectivity index (χ4n) is 1.75. The van der Waals surface area contributed by atoms with E-state index in [1.54, 1.807) is 0 Å². The number of hydrogen-bond acceptors (Lipinski definition) is 4. The summed E-state index contributed by atoms with van der Waals surface area (Å²) in [6, 6.07) is -0.100. The first-order valence-electron chi connectivity index (χ1n) is 5.55. The molecular weight excluding hydrogens is 238 g/mol. The van der Waals surface area contributed by atoms with Gasteiger partial charge in [-0.1, -0.05) is 0 Å². The highest BCUT2D eigenvalue weighted by molar-refractivity contribution is 7.09. The molecule has 0 aliphatic carbocycles. The Labute approximate surface area is 104 Å². The minimum absolute atomic E-state index is 0.0529. The molecule has 2 rings (SSSR count). The minimum atomic E-state index is -0.244. The Balaban J connectivity index is 1.92. The highest BCUT2D eigenvalue weighted by atomic mass is 32.1. The first kappa shape index (κ1) is 12.0. The van der Waals surface area contributed by atoms with Gasteiger partial charge in [0.25, 0.3) is 0 Å². The number of aromatic nitrogens is 1. The first-order chi connectivity index (χ1) is 8.06. The van der Waals surface area contributed by atoms with E-state index in [0.717, 1.165) is 10.7 Å². The van der Waals surface area contributed by atoms with Crippen LogP contribution in [0.3, 0.4) is 0 Å². The summed E-state index contributed by atoms with van der Waals surface area (Å²) in [7, 11) is 0. The predicted molar refractivity (Wildman–Crippen MR) is 64.5 cm³/mol. The topological polar surface area (TPSA) is 71.1 Å². The van der Waals surface area contributed by atoms with E-state index >= 15 is 0 Å². The summed E-state index contributed by atoms with van der Waals surface area (Å²) in [5, 5.41) is 8.40. The van der Waals surface area contributed by atoms with Gasteiger partial charge >= 0.3 is 0 Å². The molecule has 0 bridgehead atoms. The lowest BCUT2D eigenvalue weighted by Gasteiger charge is -2.14. The summed E-state index contributed by atoms with van der Waals surface area (Å²) in [4.78, 5) is 27.2. The number of carbonyl (C=O) groups is 2. The molecule has 0 aromatic carbocycles. The van der Waals surface area contributed by atoms with Crippen molar-refractivity contribution in [3.8, 4) is 0 Å². The third kappa shape index (κ3) is 2.82. The summed E-state index contributed by atoms with van der Waals surface area (Å²) in [6.45, 7) is 4.27. The molecule has 92 valence electrons. The zero-order valence-electron chi connectivity index (χ0n) is 9.82. The monoisotopic (exact) mass is 253 g/mol. The van der Waals surface area contributed by atoms with Gasteiger partial charge in [-0.2, -0.15) is 0 Å². The number of nitrogens with zero attached hydrogens (tertiary/aromatic N) is 1. The molecule has 1 aliphatic rings. The number of hydrogen-bond donors (Lipinski definition) is 2. The molecule has 2 atom stereocenters. The molecule has 2 amide bonds. The first-order valence-corrected chi connectivity index (χ1v) is 6.43. The van der Waals surface area contributed by atoms with Gasteiger partial charge in [0.2, 0.25) is 11.8 Å². The van der Waals surface area contributed by atoms with Crippen molar-refractivity contribution in [3.05, 3.63) is 16.1 Å². The van der Waals surface area contributed by atoms with E-state index < -0.39 is 0 Å². The second kappa shape index (κ2) is 4.83. The van der Waals surface area contributed by atoms with Crippen molar-refractivity contribution < 1.29 is 9.59 Å². The summed E-state index contributed by atoms with van der Waals surface area (Å²) in [5.41, 5.74) is 0.962. The van der Waals surface area contributed by atoms with Crippen molar-refractivity contribution in [3.63, 3.8) is 0 Å². The SMILES string of the molecule is Cc1csc(C(C)NC(=O)C2CNC(=O)C2)n1. The lowest BCUT2D eigenvalue weighted by atomic mass is 10.1. The summed E-state index contributed by atoms with van der Waals surface area (Å²) in [5.74, 6) is -0.377. The molecule has 1 aliphatic heterocycles. The average Bonchev–Trinajstić information content (AvgIpc) is 2.87. The van der Waals surface area contributed by atoms with Crippen molar-refractivity contribution in [1.29, 1.82) is 0 Å². The average molecular weight is 253 g/mol. The highest BCUT2D eigenvalue weighted by Gasteiger charge is 2.29. The molecule has 1 aromatic heterocycles. The van der Waals surface area contributed by atoms with Crippen LogP contribution in [0.25, 0.3) is 0 Å². The smallest absolute Gasteiger partial charge is 0.225 e. The molecule has 1 fully saturated rings. The molecule has 1 saturated heterocycles. The van der Waals surface area contributed by atoms with Crippen LogP contribution in [-0.2, 0) is 9.59 Å². The largest absolute Gasteiger partial charge is 0.355 e. The van der Waals surface area contributed by atoms with Crippen molar-refractivity contribution in [2.75, 3.05) is 6.54 Å². The van der Waals surface area contributed by atoms with E-state index in [1.807, 2.05) is 19.2 Å². The van der Waals surface area contributed by atoms with Crippen molar-refractivity contribution in [1.82, 2.24) is 15.6 Å². The number of nitrogens with one attached hydrogen (secondary N) is 2. The van der Waals surface area contributed by atoms with Crippen LogP contribution in [0.1, 0.15) is 30.1 Å². The van der Waals surface area contributed by atoms with Crippen molar-refractivity contribution >= 4 is 23.2 Å². The molecule has 0 spiro atoms. The highest BCUT2D eigenvalue weighted by Crippen LogP contribution is 2.18. The second-order valence-corrected chi connectivity index (χ2v) is 5.15. The number of amides is 2. The maximum atomic E-state index is 11.9. The normalized spacial score (nSPS) is 21.1. The van der Waals surface area contributed by atoms with Crippen LogP contribution in [0.15, 0.2) is 5.38 Å². The van der Waals surface area contributed by atoms with Gasteiger partial charge in [-0.05, 0) is 13.8 Å². The molecule has 0 radical (unpaired) electrons. The molecular formula is C11H15N3O2S. The fourth-order valence-corrected chi connectivity index (χ4v) is 2.56. The third-order valence-electron chi connectivity index (χ3n) is 2.71. The van der Waals surface area contributed by atoms with Gasteiger partial charge in [-0.25, -0.2) is 4.98 Å². The Morgan fingerprint density at radius 3 is 3.00 bits per heavy atom. The minimum Gasteiger partial charge on any atom is -0.355 e. The van der Waals surface area contributed by atoms with Gasteiger partial charge in [-0.15, -0.1) is 11.3 Å².